The molecule has 1 aromatic rings. The van der Waals surface area contributed by atoms with Crippen LogP contribution < -0.4 is 11.1 Å². The lowest BCUT2D eigenvalue weighted by molar-refractivity contribution is -0.119. The Morgan fingerprint density at radius 3 is 3.06 bits per heavy atom. The predicted molar refractivity (Wildman–Crippen MR) is 64.9 cm³/mol. The Kier molecular flexibility index (Phi) is 3.33. The predicted octanol–water partition coefficient (Wildman–Crippen LogP) is 2.10. The highest BCUT2D eigenvalue weighted by Crippen LogP contribution is 2.26. The van der Waals surface area contributed by atoms with Gasteiger partial charge in [0.05, 0.1) is 11.4 Å². The highest BCUT2D eigenvalue weighted by Gasteiger charge is 2.23. The number of nitrogens with two attached hydrogens (primary N) is 1. The summed E-state index contributed by atoms with van der Waals surface area (Å²) < 4.78 is 13.0. The van der Waals surface area contributed by atoms with Crippen molar-refractivity contribution in [2.45, 2.75) is 6.42 Å². The number of anilines is 2. The lowest BCUT2D eigenvalue weighted by atomic mass is 10.1. The molecule has 1 aliphatic heterocycles. The number of benzene rings is 1. The average molecular weight is 240 g/mol. The van der Waals surface area contributed by atoms with Crippen molar-refractivity contribution in [1.29, 1.82) is 0 Å². The smallest absolute Gasteiger partial charge is 0.228 e. The molecule has 2 rings (SSSR count). The van der Waals surface area contributed by atoms with Crippen molar-refractivity contribution in [2.24, 2.45) is 5.92 Å². The Bertz CT molecular complexity index is 405. The van der Waals surface area contributed by atoms with Crippen molar-refractivity contribution in [3.63, 3.8) is 0 Å². The SMILES string of the molecule is Nc1ccc(F)cc1NC(=O)C1CCSC1. The first-order valence-electron chi connectivity index (χ1n) is 5.10. The van der Waals surface area contributed by atoms with E-state index in [1.165, 1.54) is 18.2 Å². The second-order valence-electron chi connectivity index (χ2n) is 3.78. The Balaban J connectivity index is 2.07. The zero-order chi connectivity index (χ0) is 11.5. The van der Waals surface area contributed by atoms with Crippen LogP contribution in [0.5, 0.6) is 0 Å². The van der Waals surface area contributed by atoms with Gasteiger partial charge in [0.25, 0.3) is 0 Å². The van der Waals surface area contributed by atoms with E-state index in [1.54, 1.807) is 11.8 Å². The van der Waals surface area contributed by atoms with Gasteiger partial charge in [0.2, 0.25) is 5.91 Å². The van der Waals surface area contributed by atoms with E-state index in [2.05, 4.69) is 5.32 Å². The molecular weight excluding hydrogens is 227 g/mol. The second-order valence-corrected chi connectivity index (χ2v) is 4.93. The van der Waals surface area contributed by atoms with Crippen LogP contribution in [-0.4, -0.2) is 17.4 Å². The minimum atomic E-state index is -0.398. The summed E-state index contributed by atoms with van der Waals surface area (Å²) in [6.45, 7) is 0. The maximum absolute atomic E-state index is 13.0. The monoisotopic (exact) mass is 240 g/mol. The minimum absolute atomic E-state index is 0.0210. The van der Waals surface area contributed by atoms with Crippen LogP contribution in [0.3, 0.4) is 0 Å². The van der Waals surface area contributed by atoms with Gasteiger partial charge in [0, 0.05) is 11.7 Å². The fourth-order valence-corrected chi connectivity index (χ4v) is 2.83. The molecule has 0 aliphatic carbocycles. The van der Waals surface area contributed by atoms with Crippen molar-refractivity contribution in [3.8, 4) is 0 Å². The summed E-state index contributed by atoms with van der Waals surface area (Å²) in [7, 11) is 0. The zero-order valence-electron chi connectivity index (χ0n) is 8.70. The van der Waals surface area contributed by atoms with Gasteiger partial charge in [0.15, 0.2) is 0 Å². The number of hydrogen-bond donors (Lipinski definition) is 2. The number of carbonyl (C=O) groups is 1. The molecule has 0 radical (unpaired) electrons. The molecule has 1 heterocycles. The van der Waals surface area contributed by atoms with Gasteiger partial charge in [-0.1, -0.05) is 0 Å². The summed E-state index contributed by atoms with van der Waals surface area (Å²) in [5, 5.41) is 2.68. The molecular formula is C11H13FN2OS. The normalized spacial score (nSPS) is 19.7. The van der Waals surface area contributed by atoms with E-state index in [-0.39, 0.29) is 11.8 Å². The van der Waals surface area contributed by atoms with Crippen LogP contribution in [0, 0.1) is 11.7 Å². The summed E-state index contributed by atoms with van der Waals surface area (Å²) >= 11 is 1.76. The van der Waals surface area contributed by atoms with E-state index >= 15 is 0 Å². The van der Waals surface area contributed by atoms with Crippen LogP contribution in [-0.2, 0) is 4.79 Å². The molecule has 0 spiro atoms. The van der Waals surface area contributed by atoms with Gasteiger partial charge in [-0.2, -0.15) is 11.8 Å². The maximum Gasteiger partial charge on any atom is 0.228 e. The largest absolute Gasteiger partial charge is 0.397 e. The first-order valence-corrected chi connectivity index (χ1v) is 6.26. The standard InChI is InChI=1S/C11H13FN2OS/c12-8-1-2-9(13)10(5-8)14-11(15)7-3-4-16-6-7/h1-2,5,7H,3-4,6,13H2,(H,14,15). The number of rotatable bonds is 2. The fraction of sp³-hybridized carbons (Fsp3) is 0.364. The molecule has 5 heteroatoms. The summed E-state index contributed by atoms with van der Waals surface area (Å²) in [4.78, 5) is 11.8. The molecule has 1 saturated heterocycles. The topological polar surface area (TPSA) is 55.1 Å². The fourth-order valence-electron chi connectivity index (χ4n) is 1.61. The third-order valence-corrected chi connectivity index (χ3v) is 3.74. The molecule has 0 saturated carbocycles. The third kappa shape index (κ3) is 2.47. The lowest BCUT2D eigenvalue weighted by Crippen LogP contribution is -2.22. The minimum Gasteiger partial charge on any atom is -0.397 e. The van der Waals surface area contributed by atoms with Crippen LogP contribution >= 0.6 is 11.8 Å². The summed E-state index contributed by atoms with van der Waals surface area (Å²) in [5.74, 6) is 1.40. The van der Waals surface area contributed by atoms with Gasteiger partial charge in [-0.25, -0.2) is 4.39 Å². The Labute approximate surface area is 97.6 Å². The number of hydrogen-bond acceptors (Lipinski definition) is 3. The van der Waals surface area contributed by atoms with Gasteiger partial charge in [0.1, 0.15) is 5.82 Å². The first-order chi connectivity index (χ1) is 7.66. The Morgan fingerprint density at radius 2 is 2.38 bits per heavy atom. The molecule has 16 heavy (non-hydrogen) atoms. The molecule has 1 fully saturated rings. The van der Waals surface area contributed by atoms with E-state index < -0.39 is 5.82 Å². The van der Waals surface area contributed by atoms with Crippen molar-refractivity contribution in [2.75, 3.05) is 22.6 Å². The van der Waals surface area contributed by atoms with Gasteiger partial charge in [-0.3, -0.25) is 4.79 Å². The van der Waals surface area contributed by atoms with Crippen molar-refractivity contribution in [1.82, 2.24) is 0 Å². The van der Waals surface area contributed by atoms with Crippen molar-refractivity contribution in [3.05, 3.63) is 24.0 Å². The van der Waals surface area contributed by atoms with E-state index in [0.717, 1.165) is 17.9 Å². The molecule has 3 N–H and O–H groups in total. The molecule has 0 bridgehead atoms. The molecule has 3 nitrogen and oxygen atoms in total. The molecule has 0 aromatic heterocycles. The van der Waals surface area contributed by atoms with E-state index in [0.29, 0.717) is 11.4 Å². The number of nitrogen functional groups attached to an aromatic ring is 1. The van der Waals surface area contributed by atoms with Crippen molar-refractivity contribution < 1.29 is 9.18 Å². The van der Waals surface area contributed by atoms with Crippen LogP contribution in [0.1, 0.15) is 6.42 Å². The zero-order valence-corrected chi connectivity index (χ0v) is 9.52. The number of thioether (sulfide) groups is 1. The highest BCUT2D eigenvalue weighted by molar-refractivity contribution is 7.99. The summed E-state index contributed by atoms with van der Waals surface area (Å²) in [6.07, 6.45) is 0.881. The van der Waals surface area contributed by atoms with Crippen LogP contribution in [0.4, 0.5) is 15.8 Å². The van der Waals surface area contributed by atoms with Crippen LogP contribution in [0.2, 0.25) is 0 Å². The molecule has 86 valence electrons. The summed E-state index contributed by atoms with van der Waals surface area (Å²) in [6, 6.07) is 3.97. The average Bonchev–Trinajstić information content (AvgIpc) is 2.76. The number of halogens is 1. The van der Waals surface area contributed by atoms with E-state index in [1.807, 2.05) is 0 Å². The van der Waals surface area contributed by atoms with Gasteiger partial charge in [-0.15, -0.1) is 0 Å². The number of nitrogens with one attached hydrogen (secondary N) is 1. The highest BCUT2D eigenvalue weighted by atomic mass is 32.2. The van der Waals surface area contributed by atoms with E-state index in [4.69, 9.17) is 5.73 Å². The maximum atomic E-state index is 13.0. The Morgan fingerprint density at radius 1 is 1.56 bits per heavy atom. The quantitative estimate of drug-likeness (QED) is 0.778. The third-order valence-electron chi connectivity index (χ3n) is 2.57. The van der Waals surface area contributed by atoms with E-state index in [9.17, 15) is 9.18 Å². The summed E-state index contributed by atoms with van der Waals surface area (Å²) in [5.41, 5.74) is 6.40. The van der Waals surface area contributed by atoms with Crippen LogP contribution in [0.25, 0.3) is 0 Å². The first kappa shape index (κ1) is 11.3. The molecule has 1 aliphatic rings. The number of amides is 1. The second kappa shape index (κ2) is 4.74. The van der Waals surface area contributed by atoms with Gasteiger partial charge >= 0.3 is 0 Å². The van der Waals surface area contributed by atoms with Crippen LogP contribution in [0.15, 0.2) is 18.2 Å². The molecule has 1 unspecified atom stereocenters. The van der Waals surface area contributed by atoms with Gasteiger partial charge < -0.3 is 11.1 Å². The number of carbonyl (C=O) groups excluding carboxylic acids is 1. The molecule has 1 amide bonds. The Hall–Kier alpha value is -1.23. The van der Waals surface area contributed by atoms with Crippen molar-refractivity contribution >= 4 is 29.0 Å². The molecule has 1 aromatic carbocycles. The van der Waals surface area contributed by atoms with Gasteiger partial charge in [-0.05, 0) is 30.4 Å². The molecule has 1 atom stereocenters. The lowest BCUT2D eigenvalue weighted by Gasteiger charge is -2.11.